The Kier molecular flexibility index (Phi) is 5.92. The molecule has 1 rings (SSSR count). The summed E-state index contributed by atoms with van der Waals surface area (Å²) in [6.07, 6.45) is 0. The van der Waals surface area contributed by atoms with Crippen LogP contribution >= 0.6 is 12.4 Å². The number of halogens is 1. The summed E-state index contributed by atoms with van der Waals surface area (Å²) in [5.74, 6) is 0. The highest BCUT2D eigenvalue weighted by atomic mass is 35.5. The van der Waals surface area contributed by atoms with Gasteiger partial charge in [0.05, 0.1) is 0 Å². The highest BCUT2D eigenvalue weighted by molar-refractivity contribution is 7.87. The molecule has 0 amide bonds. The Morgan fingerprint density at radius 2 is 2.21 bits per heavy atom. The van der Waals surface area contributed by atoms with Gasteiger partial charge in [0.2, 0.25) is 0 Å². The molecule has 0 saturated carbocycles. The van der Waals surface area contributed by atoms with Gasteiger partial charge in [0.25, 0.3) is 10.2 Å². The van der Waals surface area contributed by atoms with Crippen LogP contribution in [0.25, 0.3) is 0 Å². The van der Waals surface area contributed by atoms with Crippen LogP contribution < -0.4 is 10.0 Å². The molecule has 14 heavy (non-hydrogen) atoms. The number of rotatable bonds is 3. The van der Waals surface area contributed by atoms with Crippen molar-refractivity contribution in [1.82, 2.24) is 14.3 Å². The lowest BCUT2D eigenvalue weighted by atomic mass is 10.3. The lowest BCUT2D eigenvalue weighted by Crippen LogP contribution is -2.54. The van der Waals surface area contributed by atoms with Crippen LogP contribution in [-0.2, 0) is 10.2 Å². The van der Waals surface area contributed by atoms with E-state index in [-0.39, 0.29) is 18.4 Å². The van der Waals surface area contributed by atoms with Crippen LogP contribution in [0.1, 0.15) is 13.8 Å². The highest BCUT2D eigenvalue weighted by Crippen LogP contribution is 2.03. The molecule has 0 spiro atoms. The summed E-state index contributed by atoms with van der Waals surface area (Å²) in [7, 11) is -3.22. The van der Waals surface area contributed by atoms with Gasteiger partial charge < -0.3 is 5.32 Å². The SMILES string of the molecule is CCNS(=O)(=O)N1CCN[C@H](C)C1.Cl. The Labute approximate surface area is 91.8 Å². The highest BCUT2D eigenvalue weighted by Gasteiger charge is 2.25. The molecule has 1 saturated heterocycles. The van der Waals surface area contributed by atoms with Gasteiger partial charge in [-0.25, -0.2) is 4.72 Å². The number of nitrogens with zero attached hydrogens (tertiary/aromatic N) is 1. The summed E-state index contributed by atoms with van der Waals surface area (Å²) in [5.41, 5.74) is 0. The molecule has 86 valence electrons. The van der Waals surface area contributed by atoms with Crippen molar-refractivity contribution in [3.63, 3.8) is 0 Å². The molecule has 0 aliphatic carbocycles. The zero-order valence-electron chi connectivity index (χ0n) is 8.49. The first kappa shape index (κ1) is 14.1. The van der Waals surface area contributed by atoms with Gasteiger partial charge in [-0.2, -0.15) is 12.7 Å². The molecule has 0 aromatic heterocycles. The van der Waals surface area contributed by atoms with E-state index in [2.05, 4.69) is 10.0 Å². The van der Waals surface area contributed by atoms with E-state index >= 15 is 0 Å². The summed E-state index contributed by atoms with van der Waals surface area (Å²) < 4.78 is 27.0. The summed E-state index contributed by atoms with van der Waals surface area (Å²) in [5, 5.41) is 3.19. The summed E-state index contributed by atoms with van der Waals surface area (Å²) in [4.78, 5) is 0. The first-order valence-electron chi connectivity index (χ1n) is 4.54. The van der Waals surface area contributed by atoms with E-state index < -0.39 is 10.2 Å². The van der Waals surface area contributed by atoms with Crippen molar-refractivity contribution in [2.45, 2.75) is 19.9 Å². The van der Waals surface area contributed by atoms with Gasteiger partial charge in [-0.1, -0.05) is 6.92 Å². The van der Waals surface area contributed by atoms with Crippen molar-refractivity contribution >= 4 is 22.6 Å². The standard InChI is InChI=1S/C7H17N3O2S.ClH/c1-3-9-13(11,12)10-5-4-8-7(2)6-10;/h7-9H,3-6H2,1-2H3;1H/t7-;/m1./s1. The maximum atomic E-state index is 11.5. The van der Waals surface area contributed by atoms with Crippen LogP contribution in [0.2, 0.25) is 0 Å². The number of nitrogens with one attached hydrogen (secondary N) is 2. The van der Waals surface area contributed by atoms with E-state index in [1.807, 2.05) is 6.92 Å². The second-order valence-electron chi connectivity index (χ2n) is 3.22. The molecule has 1 aliphatic rings. The molecule has 5 nitrogen and oxygen atoms in total. The fraction of sp³-hybridized carbons (Fsp3) is 1.00. The zero-order chi connectivity index (χ0) is 9.90. The minimum absolute atomic E-state index is 0. The quantitative estimate of drug-likeness (QED) is 0.706. The van der Waals surface area contributed by atoms with E-state index in [0.29, 0.717) is 19.6 Å². The third-order valence-corrected chi connectivity index (χ3v) is 3.66. The van der Waals surface area contributed by atoms with Crippen LogP contribution in [0.4, 0.5) is 0 Å². The Morgan fingerprint density at radius 1 is 1.57 bits per heavy atom. The Hall–Kier alpha value is 0.120. The average Bonchev–Trinajstić information content (AvgIpc) is 2.04. The maximum absolute atomic E-state index is 11.5. The maximum Gasteiger partial charge on any atom is 0.279 e. The molecule has 0 bridgehead atoms. The minimum Gasteiger partial charge on any atom is -0.312 e. The van der Waals surface area contributed by atoms with Crippen molar-refractivity contribution in [2.75, 3.05) is 26.2 Å². The lowest BCUT2D eigenvalue weighted by molar-refractivity contribution is 0.307. The van der Waals surface area contributed by atoms with Crippen LogP contribution in [0, 0.1) is 0 Å². The molecule has 0 aromatic carbocycles. The van der Waals surface area contributed by atoms with E-state index in [1.165, 1.54) is 4.31 Å². The number of hydrogen-bond acceptors (Lipinski definition) is 3. The third-order valence-electron chi connectivity index (χ3n) is 2.00. The lowest BCUT2D eigenvalue weighted by Gasteiger charge is -2.30. The second kappa shape index (κ2) is 5.87. The third kappa shape index (κ3) is 3.70. The van der Waals surface area contributed by atoms with Gasteiger partial charge in [-0.15, -0.1) is 12.4 Å². The van der Waals surface area contributed by atoms with Gasteiger partial charge in [0, 0.05) is 32.2 Å². The van der Waals surface area contributed by atoms with E-state index in [1.54, 1.807) is 6.92 Å². The second-order valence-corrected chi connectivity index (χ2v) is 4.97. The molecule has 0 unspecified atom stereocenters. The summed E-state index contributed by atoms with van der Waals surface area (Å²) in [6.45, 7) is 6.04. The van der Waals surface area contributed by atoms with Crippen molar-refractivity contribution < 1.29 is 8.42 Å². The molecular formula is C7H18ClN3O2S. The van der Waals surface area contributed by atoms with Crippen molar-refractivity contribution in [3.8, 4) is 0 Å². The Bertz CT molecular complexity index is 258. The van der Waals surface area contributed by atoms with Gasteiger partial charge in [0.1, 0.15) is 0 Å². The number of hydrogen-bond donors (Lipinski definition) is 2. The smallest absolute Gasteiger partial charge is 0.279 e. The Balaban J connectivity index is 0.00000169. The predicted molar refractivity (Wildman–Crippen MR) is 58.9 cm³/mol. The average molecular weight is 244 g/mol. The van der Waals surface area contributed by atoms with Crippen LogP contribution in [0.5, 0.6) is 0 Å². The molecule has 0 radical (unpaired) electrons. The Morgan fingerprint density at radius 3 is 2.71 bits per heavy atom. The molecule has 1 fully saturated rings. The molecule has 1 aliphatic heterocycles. The van der Waals surface area contributed by atoms with E-state index in [4.69, 9.17) is 0 Å². The van der Waals surface area contributed by atoms with Crippen molar-refractivity contribution in [1.29, 1.82) is 0 Å². The van der Waals surface area contributed by atoms with E-state index in [9.17, 15) is 8.42 Å². The van der Waals surface area contributed by atoms with Gasteiger partial charge in [-0.05, 0) is 6.92 Å². The molecule has 1 heterocycles. The largest absolute Gasteiger partial charge is 0.312 e. The molecular weight excluding hydrogens is 226 g/mol. The first-order valence-corrected chi connectivity index (χ1v) is 5.98. The van der Waals surface area contributed by atoms with Gasteiger partial charge in [-0.3, -0.25) is 0 Å². The van der Waals surface area contributed by atoms with Crippen LogP contribution in [0.3, 0.4) is 0 Å². The summed E-state index contributed by atoms with van der Waals surface area (Å²) in [6, 6.07) is 0.238. The monoisotopic (exact) mass is 243 g/mol. The van der Waals surface area contributed by atoms with Gasteiger partial charge in [0.15, 0.2) is 0 Å². The minimum atomic E-state index is -3.22. The fourth-order valence-corrected chi connectivity index (χ4v) is 2.69. The van der Waals surface area contributed by atoms with E-state index in [0.717, 1.165) is 6.54 Å². The normalized spacial score (nSPS) is 24.3. The molecule has 7 heteroatoms. The fourth-order valence-electron chi connectivity index (χ4n) is 1.39. The van der Waals surface area contributed by atoms with Crippen LogP contribution in [0.15, 0.2) is 0 Å². The molecule has 0 aromatic rings. The summed E-state index contributed by atoms with van der Waals surface area (Å²) >= 11 is 0. The van der Waals surface area contributed by atoms with Crippen LogP contribution in [-0.4, -0.2) is 44.9 Å². The van der Waals surface area contributed by atoms with Gasteiger partial charge >= 0.3 is 0 Å². The topological polar surface area (TPSA) is 61.4 Å². The zero-order valence-corrected chi connectivity index (χ0v) is 10.1. The van der Waals surface area contributed by atoms with Crippen molar-refractivity contribution in [2.24, 2.45) is 0 Å². The number of piperazine rings is 1. The predicted octanol–water partition coefficient (Wildman–Crippen LogP) is -0.444. The molecule has 1 atom stereocenters. The first-order chi connectivity index (χ1) is 6.06. The van der Waals surface area contributed by atoms with Crippen molar-refractivity contribution in [3.05, 3.63) is 0 Å². The molecule has 2 N–H and O–H groups in total.